The maximum atomic E-state index is 9.70. The summed E-state index contributed by atoms with van der Waals surface area (Å²) < 4.78 is 10.4. The molecular formula is C15H14ClNO3. The van der Waals surface area contributed by atoms with Crippen molar-refractivity contribution in [2.24, 2.45) is 4.99 Å². The zero-order chi connectivity index (χ0) is 14.5. The van der Waals surface area contributed by atoms with Gasteiger partial charge in [0.1, 0.15) is 5.75 Å². The Morgan fingerprint density at radius 1 is 1.05 bits per heavy atom. The SMILES string of the molecule is COc1ccc(N=Cc2cc(Cl)ccc2O)cc1OC. The fourth-order valence-corrected chi connectivity index (χ4v) is 1.86. The van der Waals surface area contributed by atoms with Gasteiger partial charge in [0.15, 0.2) is 11.5 Å². The van der Waals surface area contributed by atoms with Gasteiger partial charge in [0.2, 0.25) is 0 Å². The molecule has 0 aliphatic rings. The van der Waals surface area contributed by atoms with Crippen molar-refractivity contribution in [3.05, 3.63) is 47.0 Å². The van der Waals surface area contributed by atoms with Crippen LogP contribution in [0.25, 0.3) is 0 Å². The smallest absolute Gasteiger partial charge is 0.162 e. The Morgan fingerprint density at radius 3 is 2.50 bits per heavy atom. The van der Waals surface area contributed by atoms with Gasteiger partial charge in [0.05, 0.1) is 19.9 Å². The molecule has 0 unspecified atom stereocenters. The van der Waals surface area contributed by atoms with Crippen LogP contribution in [0.5, 0.6) is 17.2 Å². The Bertz CT molecular complexity index is 641. The number of hydrogen-bond acceptors (Lipinski definition) is 4. The van der Waals surface area contributed by atoms with Crippen LogP contribution >= 0.6 is 11.6 Å². The van der Waals surface area contributed by atoms with Crippen molar-refractivity contribution in [1.29, 1.82) is 0 Å². The lowest BCUT2D eigenvalue weighted by atomic mass is 10.2. The number of aliphatic imine (C=N–C) groups is 1. The summed E-state index contributed by atoms with van der Waals surface area (Å²) in [7, 11) is 3.14. The van der Waals surface area contributed by atoms with Crippen LogP contribution in [-0.2, 0) is 0 Å². The molecule has 0 radical (unpaired) electrons. The lowest BCUT2D eigenvalue weighted by molar-refractivity contribution is 0.355. The van der Waals surface area contributed by atoms with Crippen LogP contribution in [0.3, 0.4) is 0 Å². The number of phenols is 1. The molecule has 0 fully saturated rings. The van der Waals surface area contributed by atoms with Gasteiger partial charge in [0.25, 0.3) is 0 Å². The number of benzene rings is 2. The Hall–Kier alpha value is -2.20. The highest BCUT2D eigenvalue weighted by molar-refractivity contribution is 6.30. The molecule has 2 rings (SSSR count). The third kappa shape index (κ3) is 3.22. The van der Waals surface area contributed by atoms with E-state index >= 15 is 0 Å². The number of hydrogen-bond donors (Lipinski definition) is 1. The number of aromatic hydroxyl groups is 1. The Labute approximate surface area is 122 Å². The summed E-state index contributed by atoms with van der Waals surface area (Å²) in [6, 6.07) is 10.1. The molecule has 4 nitrogen and oxygen atoms in total. The molecule has 0 bridgehead atoms. The van der Waals surface area contributed by atoms with Crippen LogP contribution in [0.15, 0.2) is 41.4 Å². The zero-order valence-corrected chi connectivity index (χ0v) is 11.9. The first-order valence-corrected chi connectivity index (χ1v) is 6.26. The summed E-state index contributed by atoms with van der Waals surface area (Å²) in [4.78, 5) is 4.28. The Balaban J connectivity index is 2.29. The highest BCUT2D eigenvalue weighted by Crippen LogP contribution is 2.31. The van der Waals surface area contributed by atoms with Crippen molar-refractivity contribution in [1.82, 2.24) is 0 Å². The second kappa shape index (κ2) is 6.30. The first kappa shape index (κ1) is 14.2. The molecule has 0 aliphatic heterocycles. The molecule has 5 heteroatoms. The molecule has 0 heterocycles. The Kier molecular flexibility index (Phi) is 4.48. The summed E-state index contributed by atoms with van der Waals surface area (Å²) in [5.41, 5.74) is 1.23. The normalized spacial score (nSPS) is 10.8. The van der Waals surface area contributed by atoms with Crippen LogP contribution in [0.4, 0.5) is 5.69 Å². The summed E-state index contributed by atoms with van der Waals surface area (Å²) in [5.74, 6) is 1.35. The second-order valence-electron chi connectivity index (χ2n) is 4.00. The highest BCUT2D eigenvalue weighted by atomic mass is 35.5. The minimum Gasteiger partial charge on any atom is -0.507 e. The highest BCUT2D eigenvalue weighted by Gasteiger charge is 2.04. The predicted octanol–water partition coefficient (Wildman–Crippen LogP) is 3.81. The average Bonchev–Trinajstić information content (AvgIpc) is 2.47. The standard InChI is InChI=1S/C15H14ClNO3/c1-19-14-6-4-12(8-15(14)20-2)17-9-10-7-11(16)3-5-13(10)18/h3-9,18H,1-2H3. The number of nitrogens with zero attached hydrogens (tertiary/aromatic N) is 1. The summed E-state index contributed by atoms with van der Waals surface area (Å²) in [5, 5.41) is 10.2. The van der Waals surface area contributed by atoms with Crippen molar-refractivity contribution in [3.63, 3.8) is 0 Å². The molecule has 2 aromatic rings. The van der Waals surface area contributed by atoms with Gasteiger partial charge in [-0.1, -0.05) is 11.6 Å². The van der Waals surface area contributed by atoms with Crippen molar-refractivity contribution in [3.8, 4) is 17.2 Å². The van der Waals surface area contributed by atoms with Gasteiger partial charge in [0, 0.05) is 22.9 Å². The molecule has 0 aromatic heterocycles. The van der Waals surface area contributed by atoms with E-state index in [0.717, 1.165) is 0 Å². The third-order valence-corrected chi connectivity index (χ3v) is 2.94. The first-order chi connectivity index (χ1) is 9.63. The molecule has 0 saturated carbocycles. The zero-order valence-electron chi connectivity index (χ0n) is 11.1. The summed E-state index contributed by atoms with van der Waals surface area (Å²) >= 11 is 5.88. The molecular weight excluding hydrogens is 278 g/mol. The Morgan fingerprint density at radius 2 is 1.80 bits per heavy atom. The number of ether oxygens (including phenoxy) is 2. The summed E-state index contributed by atoms with van der Waals surface area (Å²) in [6.07, 6.45) is 1.54. The van der Waals surface area contributed by atoms with E-state index in [1.807, 2.05) is 0 Å². The van der Waals surface area contributed by atoms with Gasteiger partial charge in [-0.3, -0.25) is 4.99 Å². The van der Waals surface area contributed by atoms with Gasteiger partial charge in [-0.15, -0.1) is 0 Å². The van der Waals surface area contributed by atoms with E-state index in [0.29, 0.717) is 27.8 Å². The number of methoxy groups -OCH3 is 2. The fraction of sp³-hybridized carbons (Fsp3) is 0.133. The first-order valence-electron chi connectivity index (χ1n) is 5.88. The van der Waals surface area contributed by atoms with Gasteiger partial charge in [-0.2, -0.15) is 0 Å². The van der Waals surface area contributed by atoms with Gasteiger partial charge in [-0.05, 0) is 30.3 Å². The summed E-state index contributed by atoms with van der Waals surface area (Å²) in [6.45, 7) is 0. The maximum Gasteiger partial charge on any atom is 0.162 e. The molecule has 0 spiro atoms. The lowest BCUT2D eigenvalue weighted by Crippen LogP contribution is -1.89. The van der Waals surface area contributed by atoms with E-state index in [1.165, 1.54) is 6.07 Å². The lowest BCUT2D eigenvalue weighted by Gasteiger charge is -2.07. The van der Waals surface area contributed by atoms with E-state index in [4.69, 9.17) is 21.1 Å². The largest absolute Gasteiger partial charge is 0.507 e. The molecule has 104 valence electrons. The molecule has 0 aliphatic carbocycles. The molecule has 0 saturated heterocycles. The van der Waals surface area contributed by atoms with Crippen LogP contribution < -0.4 is 9.47 Å². The van der Waals surface area contributed by atoms with Crippen molar-refractivity contribution in [2.75, 3.05) is 14.2 Å². The van der Waals surface area contributed by atoms with Crippen LogP contribution in [0.1, 0.15) is 5.56 Å². The van der Waals surface area contributed by atoms with Crippen LogP contribution in [0.2, 0.25) is 5.02 Å². The predicted molar refractivity (Wildman–Crippen MR) is 79.9 cm³/mol. The molecule has 0 atom stereocenters. The minimum absolute atomic E-state index is 0.124. The quantitative estimate of drug-likeness (QED) is 0.871. The van der Waals surface area contributed by atoms with E-state index in [-0.39, 0.29) is 5.75 Å². The monoisotopic (exact) mass is 291 g/mol. The number of phenolic OH excluding ortho intramolecular Hbond substituents is 1. The van der Waals surface area contributed by atoms with Crippen molar-refractivity contribution < 1.29 is 14.6 Å². The van der Waals surface area contributed by atoms with Gasteiger partial charge in [-0.25, -0.2) is 0 Å². The second-order valence-corrected chi connectivity index (χ2v) is 4.44. The van der Waals surface area contributed by atoms with Crippen molar-refractivity contribution in [2.45, 2.75) is 0 Å². The van der Waals surface area contributed by atoms with Crippen LogP contribution in [0, 0.1) is 0 Å². The minimum atomic E-state index is 0.124. The maximum absolute atomic E-state index is 9.70. The van der Waals surface area contributed by atoms with Crippen molar-refractivity contribution >= 4 is 23.5 Å². The number of rotatable bonds is 4. The topological polar surface area (TPSA) is 51.0 Å². The van der Waals surface area contributed by atoms with E-state index in [9.17, 15) is 5.11 Å². The van der Waals surface area contributed by atoms with E-state index < -0.39 is 0 Å². The number of halogens is 1. The molecule has 0 amide bonds. The van der Waals surface area contributed by atoms with Gasteiger partial charge < -0.3 is 14.6 Å². The average molecular weight is 292 g/mol. The van der Waals surface area contributed by atoms with E-state index in [1.54, 1.807) is 50.8 Å². The molecule has 20 heavy (non-hydrogen) atoms. The van der Waals surface area contributed by atoms with Crippen LogP contribution in [-0.4, -0.2) is 25.5 Å². The third-order valence-electron chi connectivity index (χ3n) is 2.71. The van der Waals surface area contributed by atoms with E-state index in [2.05, 4.69) is 4.99 Å². The molecule has 1 N–H and O–H groups in total. The molecule has 2 aromatic carbocycles. The van der Waals surface area contributed by atoms with Gasteiger partial charge >= 0.3 is 0 Å². The fourth-order valence-electron chi connectivity index (χ4n) is 1.68.